The number of carbonyl (C=O) groups is 3. The fraction of sp³-hybridized carbons (Fsp3) is 0.567. The van der Waals surface area contributed by atoms with Gasteiger partial charge in [-0.15, -0.1) is 0 Å². The van der Waals surface area contributed by atoms with Gasteiger partial charge >= 0.3 is 0 Å². The van der Waals surface area contributed by atoms with Gasteiger partial charge in [0.1, 0.15) is 22.8 Å². The summed E-state index contributed by atoms with van der Waals surface area (Å²) in [6.07, 6.45) is 1.87. The number of aryl methyl sites for hydroxylation is 1. The molecular formula is C30H41N3O7. The first-order chi connectivity index (χ1) is 18.6. The molecule has 4 rings (SSSR count). The summed E-state index contributed by atoms with van der Waals surface area (Å²) in [5.74, 6) is -6.36. The number of nitrogens with two attached hydrogens (primary N) is 1. The summed E-state index contributed by atoms with van der Waals surface area (Å²) in [5.41, 5.74) is 4.05. The predicted octanol–water partition coefficient (Wildman–Crippen LogP) is 2.21. The highest BCUT2D eigenvalue weighted by Crippen LogP contribution is 2.52. The molecule has 0 radical (unpaired) electrons. The molecule has 1 aromatic rings. The van der Waals surface area contributed by atoms with Gasteiger partial charge in [0.2, 0.25) is 5.78 Å². The fourth-order valence-electron chi connectivity index (χ4n) is 6.66. The second-order valence-electron chi connectivity index (χ2n) is 12.8. The molecule has 0 saturated heterocycles. The van der Waals surface area contributed by atoms with Crippen molar-refractivity contribution in [3.8, 4) is 5.75 Å². The Morgan fingerprint density at radius 2 is 1.82 bits per heavy atom. The molecule has 0 fully saturated rings. The lowest BCUT2D eigenvalue weighted by Crippen LogP contribution is -2.63. The van der Waals surface area contributed by atoms with Gasteiger partial charge in [0.05, 0.1) is 11.6 Å². The molecule has 4 atom stereocenters. The number of amides is 1. The number of Topliss-reactive ketones (excluding diaryl/α,β-unsaturated/α-hetero) is 2. The minimum atomic E-state index is -2.64. The highest BCUT2D eigenvalue weighted by molar-refractivity contribution is 6.24. The molecule has 218 valence electrons. The average molecular weight is 556 g/mol. The normalized spacial score (nSPS) is 26.6. The van der Waals surface area contributed by atoms with Crippen LogP contribution in [0.3, 0.4) is 0 Å². The molecule has 0 bridgehead atoms. The number of nitrogens with zero attached hydrogens (tertiary/aromatic N) is 1. The number of aliphatic hydroxyl groups is 3. The summed E-state index contributed by atoms with van der Waals surface area (Å²) in [6, 6.07) is 0.916. The van der Waals surface area contributed by atoms with Gasteiger partial charge in [0, 0.05) is 30.1 Å². The van der Waals surface area contributed by atoms with Crippen LogP contribution in [0.4, 0.5) is 0 Å². The van der Waals surface area contributed by atoms with Crippen molar-refractivity contribution in [2.75, 3.05) is 20.6 Å². The monoisotopic (exact) mass is 555 g/mol. The third-order valence-corrected chi connectivity index (χ3v) is 8.38. The van der Waals surface area contributed by atoms with Gasteiger partial charge in [0.15, 0.2) is 11.4 Å². The Morgan fingerprint density at radius 1 is 1.18 bits per heavy atom. The molecule has 10 nitrogen and oxygen atoms in total. The number of rotatable bonds is 7. The largest absolute Gasteiger partial charge is 0.510 e. The zero-order valence-electron chi connectivity index (χ0n) is 24.1. The molecule has 0 unspecified atom stereocenters. The minimum Gasteiger partial charge on any atom is -0.510 e. The Labute approximate surface area is 234 Å². The third kappa shape index (κ3) is 4.61. The van der Waals surface area contributed by atoms with E-state index in [2.05, 4.69) is 26.1 Å². The molecule has 1 aromatic carbocycles. The van der Waals surface area contributed by atoms with Crippen LogP contribution in [-0.2, 0) is 29.0 Å². The summed E-state index contributed by atoms with van der Waals surface area (Å²) in [5, 5.41) is 48.8. The molecule has 7 N–H and O–H groups in total. The summed E-state index contributed by atoms with van der Waals surface area (Å²) >= 11 is 0. The number of primary amides is 1. The Kier molecular flexibility index (Phi) is 7.68. The van der Waals surface area contributed by atoms with Gasteiger partial charge in [0.25, 0.3) is 5.91 Å². The van der Waals surface area contributed by atoms with Gasteiger partial charge in [-0.05, 0) is 55.8 Å². The molecule has 0 heterocycles. The number of likely N-dealkylation sites (N-methyl/N-ethyl adjacent to an activating group) is 1. The van der Waals surface area contributed by atoms with Crippen molar-refractivity contribution in [1.82, 2.24) is 10.2 Å². The maximum absolute atomic E-state index is 14.1. The number of ketones is 2. The van der Waals surface area contributed by atoms with E-state index in [4.69, 9.17) is 5.73 Å². The Morgan fingerprint density at radius 3 is 2.38 bits per heavy atom. The van der Waals surface area contributed by atoms with Crippen molar-refractivity contribution in [3.05, 3.63) is 51.0 Å². The average Bonchev–Trinajstić information content (AvgIpc) is 2.83. The SMILES string of the molecule is CCCc1cc(CNCC(C)(C)C)c(O)c2c1C[C@H]1C[C@@H]3[C@H](N(C)C)C(O)=C(C(N)=O)C(=O)[C@@]3(O)C(O)=C1C2=O. The number of phenols is 1. The summed E-state index contributed by atoms with van der Waals surface area (Å²) in [4.78, 5) is 41.2. The topological polar surface area (TPSA) is 173 Å². The van der Waals surface area contributed by atoms with Crippen LogP contribution in [0.5, 0.6) is 5.75 Å². The fourth-order valence-corrected chi connectivity index (χ4v) is 6.66. The quantitative estimate of drug-likeness (QED) is 0.276. The molecule has 3 aliphatic rings. The molecule has 0 aromatic heterocycles. The first-order valence-electron chi connectivity index (χ1n) is 13.8. The Bertz CT molecular complexity index is 1340. The number of aromatic hydroxyl groups is 1. The lowest BCUT2D eigenvalue weighted by molar-refractivity contribution is -0.148. The van der Waals surface area contributed by atoms with Crippen molar-refractivity contribution in [2.24, 2.45) is 23.0 Å². The number of phenolic OH excluding ortho intramolecular Hbond substituents is 1. The van der Waals surface area contributed by atoms with E-state index in [-0.39, 0.29) is 28.7 Å². The second kappa shape index (κ2) is 10.3. The summed E-state index contributed by atoms with van der Waals surface area (Å²) in [6.45, 7) is 9.29. The first kappa shape index (κ1) is 29.8. The van der Waals surface area contributed by atoms with Crippen LogP contribution in [0.1, 0.15) is 67.6 Å². The van der Waals surface area contributed by atoms with Crippen LogP contribution in [0.2, 0.25) is 0 Å². The van der Waals surface area contributed by atoms with E-state index in [0.29, 0.717) is 37.1 Å². The van der Waals surface area contributed by atoms with Crippen LogP contribution >= 0.6 is 0 Å². The molecule has 0 saturated carbocycles. The van der Waals surface area contributed by atoms with E-state index < -0.39 is 58.0 Å². The summed E-state index contributed by atoms with van der Waals surface area (Å²) in [7, 11) is 3.22. The number of aliphatic hydroxyl groups excluding tert-OH is 2. The lowest BCUT2D eigenvalue weighted by Gasteiger charge is -2.50. The highest BCUT2D eigenvalue weighted by Gasteiger charge is 2.63. The molecule has 3 aliphatic carbocycles. The number of carbonyl (C=O) groups excluding carboxylic acids is 3. The van der Waals surface area contributed by atoms with E-state index in [9.17, 15) is 34.8 Å². The van der Waals surface area contributed by atoms with Crippen molar-refractivity contribution in [2.45, 2.75) is 71.6 Å². The molecular weight excluding hydrogens is 514 g/mol. The zero-order valence-corrected chi connectivity index (χ0v) is 24.1. The highest BCUT2D eigenvalue weighted by atomic mass is 16.3. The number of benzene rings is 1. The third-order valence-electron chi connectivity index (χ3n) is 8.38. The maximum Gasteiger partial charge on any atom is 0.255 e. The van der Waals surface area contributed by atoms with Gasteiger partial charge in [-0.1, -0.05) is 40.2 Å². The maximum atomic E-state index is 14.1. The van der Waals surface area contributed by atoms with E-state index in [1.807, 2.05) is 13.0 Å². The number of hydrogen-bond acceptors (Lipinski definition) is 9. The number of allylic oxidation sites excluding steroid dienone is 1. The molecule has 0 aliphatic heterocycles. The van der Waals surface area contributed by atoms with Crippen LogP contribution in [0.15, 0.2) is 28.7 Å². The predicted molar refractivity (Wildman–Crippen MR) is 149 cm³/mol. The van der Waals surface area contributed by atoms with Gasteiger partial charge < -0.3 is 31.5 Å². The van der Waals surface area contributed by atoms with Gasteiger partial charge in [-0.2, -0.15) is 0 Å². The number of nitrogens with one attached hydrogen (secondary N) is 1. The van der Waals surface area contributed by atoms with E-state index in [1.54, 1.807) is 19.0 Å². The summed E-state index contributed by atoms with van der Waals surface area (Å²) < 4.78 is 0. The van der Waals surface area contributed by atoms with Gasteiger partial charge in [-0.25, -0.2) is 0 Å². The van der Waals surface area contributed by atoms with Crippen LogP contribution < -0.4 is 11.1 Å². The van der Waals surface area contributed by atoms with Crippen LogP contribution in [0.25, 0.3) is 0 Å². The molecule has 40 heavy (non-hydrogen) atoms. The molecule has 10 heteroatoms. The number of hydrogen-bond donors (Lipinski definition) is 6. The lowest BCUT2D eigenvalue weighted by atomic mass is 9.58. The Balaban J connectivity index is 1.88. The van der Waals surface area contributed by atoms with Crippen LogP contribution in [-0.4, -0.2) is 75.1 Å². The van der Waals surface area contributed by atoms with Crippen molar-refractivity contribution in [3.63, 3.8) is 0 Å². The molecule has 1 amide bonds. The van der Waals surface area contributed by atoms with E-state index in [0.717, 1.165) is 12.0 Å². The second-order valence-corrected chi connectivity index (χ2v) is 12.8. The number of fused-ring (bicyclic) bond motifs is 3. The van der Waals surface area contributed by atoms with E-state index >= 15 is 0 Å². The standard InChI is InChI=1S/C30H41N3O7/c1-7-8-14-9-16(12-32-13-29(2,3)4)23(34)20-17(14)10-15-11-18-22(33(5)6)25(36)21(28(31)39)27(38)30(18,40)26(37)19(15)24(20)35/h9,15,18,22,32,34,36-37,40H,7-8,10-13H2,1-6H3,(H2,31,39)/t15-,18+,22-,30-/m0/s1. The Hall–Kier alpha value is -3.21. The van der Waals surface area contributed by atoms with E-state index in [1.165, 1.54) is 0 Å². The van der Waals surface area contributed by atoms with Crippen molar-refractivity contribution in [1.29, 1.82) is 0 Å². The van der Waals surface area contributed by atoms with Crippen LogP contribution in [0, 0.1) is 17.3 Å². The zero-order chi connectivity index (χ0) is 29.9. The minimum absolute atomic E-state index is 0.00734. The molecule has 0 spiro atoms. The van der Waals surface area contributed by atoms with Crippen molar-refractivity contribution >= 4 is 17.5 Å². The smallest absolute Gasteiger partial charge is 0.255 e. The first-order valence-corrected chi connectivity index (χ1v) is 13.8. The van der Waals surface area contributed by atoms with Gasteiger partial charge in [-0.3, -0.25) is 19.3 Å². The van der Waals surface area contributed by atoms with Crippen molar-refractivity contribution < 1.29 is 34.8 Å².